The molecular weight excluding hydrogens is 546 g/mol. The van der Waals surface area contributed by atoms with Crippen molar-refractivity contribution in [1.29, 1.82) is 0 Å². The molecule has 0 bridgehead atoms. The standard InChI is InChI=1S/C39H39NO4/c1-27(2)25-38(40-26-28-15-5-12-22-35(28)41)39(42,33-20-10-6-16-29(33)31-18-8-13-23-36(31)43-3)34-21-11-7-17-30(34)32-19-9-14-24-37(32)44-4/h5-24,26-27,38,41-42H,25H2,1-4H3. The van der Waals surface area contributed by atoms with E-state index in [1.807, 2.05) is 109 Å². The van der Waals surface area contributed by atoms with Crippen LogP contribution < -0.4 is 9.47 Å². The molecule has 2 N–H and O–H groups in total. The van der Waals surface area contributed by atoms with Crippen molar-refractivity contribution in [2.75, 3.05) is 14.2 Å². The molecule has 224 valence electrons. The summed E-state index contributed by atoms with van der Waals surface area (Å²) in [4.78, 5) is 5.08. The Balaban J connectivity index is 1.85. The fraction of sp³-hybridized carbons (Fsp3) is 0.205. The van der Waals surface area contributed by atoms with Crippen LogP contribution in [0.4, 0.5) is 0 Å². The molecule has 0 saturated carbocycles. The van der Waals surface area contributed by atoms with E-state index in [1.165, 1.54) is 0 Å². The van der Waals surface area contributed by atoms with Gasteiger partial charge in [0.1, 0.15) is 22.8 Å². The van der Waals surface area contributed by atoms with Gasteiger partial charge in [0.05, 0.1) is 20.3 Å². The second kappa shape index (κ2) is 13.6. The number of benzene rings is 5. The van der Waals surface area contributed by atoms with Gasteiger partial charge in [-0.2, -0.15) is 0 Å². The number of aliphatic hydroxyl groups is 1. The monoisotopic (exact) mass is 585 g/mol. The zero-order valence-corrected chi connectivity index (χ0v) is 25.6. The molecule has 5 nitrogen and oxygen atoms in total. The Morgan fingerprint density at radius 3 is 1.55 bits per heavy atom. The lowest BCUT2D eigenvalue weighted by atomic mass is 9.72. The maximum Gasteiger partial charge on any atom is 0.138 e. The van der Waals surface area contributed by atoms with Crippen molar-refractivity contribution in [2.24, 2.45) is 10.9 Å². The number of hydrogen-bond acceptors (Lipinski definition) is 5. The number of phenolic OH excluding ortho intramolecular Hbond substituents is 1. The van der Waals surface area contributed by atoms with Crippen LogP contribution in [-0.2, 0) is 5.60 Å². The Hall–Kier alpha value is -4.87. The highest BCUT2D eigenvalue weighted by molar-refractivity contribution is 5.84. The Kier molecular flexibility index (Phi) is 9.47. The molecule has 0 saturated heterocycles. The summed E-state index contributed by atoms with van der Waals surface area (Å²) >= 11 is 0. The van der Waals surface area contributed by atoms with Gasteiger partial charge in [-0.15, -0.1) is 0 Å². The Morgan fingerprint density at radius 1 is 0.636 bits per heavy atom. The van der Waals surface area contributed by atoms with Crippen LogP contribution in [0.3, 0.4) is 0 Å². The van der Waals surface area contributed by atoms with Gasteiger partial charge in [0, 0.05) is 22.9 Å². The Labute approximate surface area is 260 Å². The molecule has 5 aromatic carbocycles. The van der Waals surface area contributed by atoms with Crippen LogP contribution in [0.25, 0.3) is 22.3 Å². The number of methoxy groups -OCH3 is 2. The molecule has 5 aromatic rings. The summed E-state index contributed by atoms with van der Waals surface area (Å²) in [6, 6.07) is 38.0. The average Bonchev–Trinajstić information content (AvgIpc) is 3.06. The lowest BCUT2D eigenvalue weighted by molar-refractivity contribution is 0.0464. The van der Waals surface area contributed by atoms with E-state index in [-0.39, 0.29) is 11.7 Å². The van der Waals surface area contributed by atoms with Gasteiger partial charge in [-0.05, 0) is 58.9 Å². The second-order valence-corrected chi connectivity index (χ2v) is 11.2. The van der Waals surface area contributed by atoms with Gasteiger partial charge >= 0.3 is 0 Å². The van der Waals surface area contributed by atoms with E-state index in [0.29, 0.717) is 34.6 Å². The highest BCUT2D eigenvalue weighted by Gasteiger charge is 2.44. The van der Waals surface area contributed by atoms with Gasteiger partial charge in [0.15, 0.2) is 0 Å². The first-order chi connectivity index (χ1) is 21.4. The highest BCUT2D eigenvalue weighted by Crippen LogP contribution is 2.47. The SMILES string of the molecule is COc1ccccc1-c1ccccc1C(O)(c1ccccc1-c1ccccc1OC)C(CC(C)C)N=Cc1ccccc1O. The minimum Gasteiger partial charge on any atom is -0.507 e. The lowest BCUT2D eigenvalue weighted by Gasteiger charge is -2.39. The topological polar surface area (TPSA) is 71.3 Å². The summed E-state index contributed by atoms with van der Waals surface area (Å²) in [5.41, 5.74) is 3.79. The summed E-state index contributed by atoms with van der Waals surface area (Å²) < 4.78 is 11.6. The first-order valence-corrected chi connectivity index (χ1v) is 14.9. The number of phenols is 1. The molecule has 0 fully saturated rings. The van der Waals surface area contributed by atoms with Gasteiger partial charge in [-0.25, -0.2) is 0 Å². The number of nitrogens with zero attached hydrogens (tertiary/aromatic N) is 1. The molecule has 1 atom stereocenters. The molecule has 0 aromatic heterocycles. The third-order valence-electron chi connectivity index (χ3n) is 7.98. The largest absolute Gasteiger partial charge is 0.507 e. The summed E-state index contributed by atoms with van der Waals surface area (Å²) in [6.07, 6.45) is 2.24. The lowest BCUT2D eigenvalue weighted by Crippen LogP contribution is -2.41. The van der Waals surface area contributed by atoms with Crippen LogP contribution in [0.1, 0.15) is 37.0 Å². The van der Waals surface area contributed by atoms with E-state index < -0.39 is 11.6 Å². The molecule has 5 heteroatoms. The molecule has 0 aliphatic heterocycles. The molecule has 0 heterocycles. The minimum absolute atomic E-state index is 0.131. The van der Waals surface area contributed by atoms with E-state index in [4.69, 9.17) is 14.5 Å². The van der Waals surface area contributed by atoms with Crippen LogP contribution in [0.5, 0.6) is 17.2 Å². The van der Waals surface area contributed by atoms with Crippen molar-refractivity contribution >= 4 is 6.21 Å². The van der Waals surface area contributed by atoms with E-state index >= 15 is 0 Å². The molecule has 5 rings (SSSR count). The molecule has 0 aliphatic carbocycles. The normalized spacial score (nSPS) is 12.4. The first kappa shape index (κ1) is 30.6. The van der Waals surface area contributed by atoms with Crippen LogP contribution in [-0.4, -0.2) is 36.7 Å². The van der Waals surface area contributed by atoms with Crippen molar-refractivity contribution in [3.63, 3.8) is 0 Å². The van der Waals surface area contributed by atoms with Gasteiger partial charge in [-0.1, -0.05) is 111 Å². The summed E-state index contributed by atoms with van der Waals surface area (Å²) in [7, 11) is 3.31. The first-order valence-electron chi connectivity index (χ1n) is 14.9. The van der Waals surface area contributed by atoms with E-state index in [2.05, 4.69) is 13.8 Å². The van der Waals surface area contributed by atoms with E-state index in [1.54, 1.807) is 32.6 Å². The van der Waals surface area contributed by atoms with Crippen molar-refractivity contribution in [1.82, 2.24) is 0 Å². The average molecular weight is 586 g/mol. The van der Waals surface area contributed by atoms with Crippen molar-refractivity contribution in [2.45, 2.75) is 31.9 Å². The van der Waals surface area contributed by atoms with Crippen LogP contribution >= 0.6 is 0 Å². The van der Waals surface area contributed by atoms with Gasteiger partial charge in [0.25, 0.3) is 0 Å². The third kappa shape index (κ3) is 6.10. The van der Waals surface area contributed by atoms with E-state index in [0.717, 1.165) is 22.3 Å². The number of ether oxygens (including phenoxy) is 2. The highest BCUT2D eigenvalue weighted by atomic mass is 16.5. The second-order valence-electron chi connectivity index (χ2n) is 11.2. The van der Waals surface area contributed by atoms with Crippen LogP contribution in [0.2, 0.25) is 0 Å². The quantitative estimate of drug-likeness (QED) is 0.153. The maximum atomic E-state index is 13.6. The number of aliphatic imine (C=N–C) groups is 1. The molecule has 44 heavy (non-hydrogen) atoms. The summed E-state index contributed by atoms with van der Waals surface area (Å²) in [6.45, 7) is 4.25. The minimum atomic E-state index is -1.61. The predicted octanol–water partition coefficient (Wildman–Crippen LogP) is 8.51. The van der Waals surface area contributed by atoms with Crippen LogP contribution in [0.15, 0.2) is 126 Å². The molecule has 0 spiro atoms. The van der Waals surface area contributed by atoms with Crippen molar-refractivity contribution in [3.8, 4) is 39.5 Å². The fourth-order valence-electron chi connectivity index (χ4n) is 5.89. The van der Waals surface area contributed by atoms with Gasteiger partial charge < -0.3 is 19.7 Å². The Bertz CT molecular complexity index is 1650. The molecule has 0 aliphatic rings. The third-order valence-corrected chi connectivity index (χ3v) is 7.98. The van der Waals surface area contributed by atoms with Crippen molar-refractivity contribution in [3.05, 3.63) is 138 Å². The summed E-state index contributed by atoms with van der Waals surface area (Å²) in [5, 5.41) is 24.1. The number of para-hydroxylation sites is 3. The molecule has 0 amide bonds. The smallest absolute Gasteiger partial charge is 0.138 e. The maximum absolute atomic E-state index is 13.6. The van der Waals surface area contributed by atoms with Crippen LogP contribution in [0, 0.1) is 5.92 Å². The predicted molar refractivity (Wildman–Crippen MR) is 179 cm³/mol. The Morgan fingerprint density at radius 2 is 1.07 bits per heavy atom. The van der Waals surface area contributed by atoms with Crippen molar-refractivity contribution < 1.29 is 19.7 Å². The van der Waals surface area contributed by atoms with E-state index in [9.17, 15) is 10.2 Å². The molecular formula is C39H39NO4. The zero-order valence-electron chi connectivity index (χ0n) is 25.6. The fourth-order valence-corrected chi connectivity index (χ4v) is 5.89. The number of aromatic hydroxyl groups is 1. The molecule has 0 radical (unpaired) electrons. The number of hydrogen-bond donors (Lipinski definition) is 2. The van der Waals surface area contributed by atoms with Gasteiger partial charge in [0.2, 0.25) is 0 Å². The molecule has 1 unspecified atom stereocenters. The van der Waals surface area contributed by atoms with Gasteiger partial charge in [-0.3, -0.25) is 4.99 Å². The zero-order chi connectivity index (χ0) is 31.1. The summed E-state index contributed by atoms with van der Waals surface area (Å²) in [5.74, 6) is 1.74. The number of rotatable bonds is 11.